The molecule has 0 aliphatic carbocycles. The SMILES string of the molecule is CCN(CC)CCN1C(=O)C(O)=C(C(=O)C(C)(C)C)C1c1cccc(C)c1. The highest BCUT2D eigenvalue weighted by Gasteiger charge is 2.45. The predicted octanol–water partition coefficient (Wildman–Crippen LogP) is 3.65. The maximum Gasteiger partial charge on any atom is 0.290 e. The van der Waals surface area contributed by atoms with E-state index in [-0.39, 0.29) is 11.4 Å². The summed E-state index contributed by atoms with van der Waals surface area (Å²) in [5.74, 6) is -1.05. The van der Waals surface area contributed by atoms with E-state index < -0.39 is 23.1 Å². The molecule has 1 aliphatic heterocycles. The van der Waals surface area contributed by atoms with Crippen LogP contribution in [0.1, 0.15) is 51.8 Å². The van der Waals surface area contributed by atoms with Crippen LogP contribution < -0.4 is 0 Å². The van der Waals surface area contributed by atoms with Gasteiger partial charge in [-0.2, -0.15) is 0 Å². The normalized spacial score (nSPS) is 18.0. The summed E-state index contributed by atoms with van der Waals surface area (Å²) in [5, 5.41) is 10.6. The van der Waals surface area contributed by atoms with Gasteiger partial charge in [0.2, 0.25) is 0 Å². The molecular formula is C22H32N2O3. The molecule has 0 bridgehead atoms. The maximum absolute atomic E-state index is 13.1. The van der Waals surface area contributed by atoms with Gasteiger partial charge in [0.1, 0.15) is 0 Å². The Morgan fingerprint density at radius 2 is 1.85 bits per heavy atom. The number of Topliss-reactive ketones (excluding diaryl/α,β-unsaturated/α-hetero) is 1. The highest BCUT2D eigenvalue weighted by molar-refractivity contribution is 6.10. The number of aryl methyl sites for hydroxylation is 1. The summed E-state index contributed by atoms with van der Waals surface area (Å²) in [6.07, 6.45) is 0. The number of ketones is 1. The molecule has 1 aromatic carbocycles. The number of rotatable bonds is 7. The molecule has 0 fully saturated rings. The standard InChI is InChI=1S/C22H32N2O3/c1-7-23(8-2)12-13-24-18(16-11-9-10-15(3)14-16)17(19(25)21(24)27)20(26)22(4,5)6/h9-11,14,18,25H,7-8,12-13H2,1-6H3. The molecule has 1 amide bonds. The van der Waals surface area contributed by atoms with E-state index in [1.54, 1.807) is 4.90 Å². The summed E-state index contributed by atoms with van der Waals surface area (Å²) in [5.41, 5.74) is 1.45. The molecule has 2 rings (SSSR count). The van der Waals surface area contributed by atoms with E-state index in [0.29, 0.717) is 13.1 Å². The predicted molar refractivity (Wildman–Crippen MR) is 108 cm³/mol. The largest absolute Gasteiger partial charge is 0.503 e. The summed E-state index contributed by atoms with van der Waals surface area (Å²) in [4.78, 5) is 29.8. The average molecular weight is 373 g/mol. The molecule has 1 atom stereocenters. The number of carbonyl (C=O) groups excluding carboxylic acids is 2. The van der Waals surface area contributed by atoms with Crippen LogP contribution in [0, 0.1) is 12.3 Å². The average Bonchev–Trinajstić information content (AvgIpc) is 2.85. The second-order valence-electron chi connectivity index (χ2n) is 8.18. The first-order valence-corrected chi connectivity index (χ1v) is 9.69. The molecule has 5 heteroatoms. The van der Waals surface area contributed by atoms with Gasteiger partial charge in [-0.1, -0.05) is 64.4 Å². The number of carbonyl (C=O) groups is 2. The lowest BCUT2D eigenvalue weighted by Gasteiger charge is -2.30. The Balaban J connectivity index is 2.48. The van der Waals surface area contributed by atoms with Gasteiger partial charge in [0.25, 0.3) is 5.91 Å². The number of aliphatic hydroxyl groups is 1. The minimum absolute atomic E-state index is 0.190. The van der Waals surface area contributed by atoms with Crippen molar-refractivity contribution in [3.05, 3.63) is 46.7 Å². The van der Waals surface area contributed by atoms with Crippen molar-refractivity contribution in [2.24, 2.45) is 5.41 Å². The molecule has 1 unspecified atom stereocenters. The van der Waals surface area contributed by atoms with Crippen molar-refractivity contribution in [3.63, 3.8) is 0 Å². The third-order valence-electron chi connectivity index (χ3n) is 5.14. The van der Waals surface area contributed by atoms with Gasteiger partial charge in [0, 0.05) is 18.5 Å². The Morgan fingerprint density at radius 1 is 1.22 bits per heavy atom. The Morgan fingerprint density at radius 3 is 2.37 bits per heavy atom. The van der Waals surface area contributed by atoms with Crippen LogP contribution in [0.4, 0.5) is 0 Å². The topological polar surface area (TPSA) is 60.9 Å². The zero-order valence-electron chi connectivity index (χ0n) is 17.4. The molecule has 27 heavy (non-hydrogen) atoms. The monoisotopic (exact) mass is 372 g/mol. The zero-order valence-corrected chi connectivity index (χ0v) is 17.4. The molecular weight excluding hydrogens is 340 g/mol. The molecule has 0 aromatic heterocycles. The van der Waals surface area contributed by atoms with Gasteiger partial charge in [-0.25, -0.2) is 0 Å². The lowest BCUT2D eigenvalue weighted by Crippen LogP contribution is -2.39. The molecule has 5 nitrogen and oxygen atoms in total. The number of hydrogen-bond acceptors (Lipinski definition) is 4. The van der Waals surface area contributed by atoms with Gasteiger partial charge in [0.05, 0.1) is 11.6 Å². The molecule has 1 heterocycles. The molecule has 1 aromatic rings. The minimum atomic E-state index is -0.680. The first-order chi connectivity index (χ1) is 12.6. The molecule has 0 radical (unpaired) electrons. The second kappa shape index (κ2) is 8.26. The number of aliphatic hydroxyl groups excluding tert-OH is 1. The smallest absolute Gasteiger partial charge is 0.290 e. The Labute approximate surface area is 162 Å². The van der Waals surface area contributed by atoms with E-state index in [1.165, 1.54) is 0 Å². The molecule has 1 aliphatic rings. The van der Waals surface area contributed by atoms with Crippen LogP contribution in [0.2, 0.25) is 0 Å². The Bertz CT molecular complexity index is 742. The van der Waals surface area contributed by atoms with Crippen molar-refractivity contribution < 1.29 is 14.7 Å². The maximum atomic E-state index is 13.1. The van der Waals surface area contributed by atoms with Crippen LogP contribution in [-0.4, -0.2) is 52.8 Å². The fourth-order valence-corrected chi connectivity index (χ4v) is 3.50. The van der Waals surface area contributed by atoms with E-state index in [1.807, 2.05) is 52.0 Å². The molecule has 0 saturated heterocycles. The van der Waals surface area contributed by atoms with Crippen molar-refractivity contribution in [1.82, 2.24) is 9.80 Å². The van der Waals surface area contributed by atoms with E-state index in [2.05, 4.69) is 18.7 Å². The van der Waals surface area contributed by atoms with Crippen molar-refractivity contribution in [1.29, 1.82) is 0 Å². The summed E-state index contributed by atoms with van der Waals surface area (Å²) in [7, 11) is 0. The van der Waals surface area contributed by atoms with Gasteiger partial charge in [-0.15, -0.1) is 0 Å². The lowest BCUT2D eigenvalue weighted by molar-refractivity contribution is -0.129. The summed E-state index contributed by atoms with van der Waals surface area (Å²) in [6.45, 7) is 14.5. The second-order valence-corrected chi connectivity index (χ2v) is 8.18. The van der Waals surface area contributed by atoms with Crippen molar-refractivity contribution in [3.8, 4) is 0 Å². The van der Waals surface area contributed by atoms with Gasteiger partial charge in [-0.3, -0.25) is 9.59 Å². The highest BCUT2D eigenvalue weighted by Crippen LogP contribution is 2.40. The van der Waals surface area contributed by atoms with Crippen LogP contribution in [0.25, 0.3) is 0 Å². The quantitative estimate of drug-likeness (QED) is 0.794. The van der Waals surface area contributed by atoms with E-state index in [9.17, 15) is 14.7 Å². The fourth-order valence-electron chi connectivity index (χ4n) is 3.50. The van der Waals surface area contributed by atoms with Gasteiger partial charge >= 0.3 is 0 Å². The first-order valence-electron chi connectivity index (χ1n) is 9.69. The van der Waals surface area contributed by atoms with E-state index in [0.717, 1.165) is 24.2 Å². The third kappa shape index (κ3) is 4.41. The van der Waals surface area contributed by atoms with Gasteiger partial charge < -0.3 is 14.9 Å². The van der Waals surface area contributed by atoms with Crippen LogP contribution in [0.3, 0.4) is 0 Å². The number of hydrogen-bond donors (Lipinski definition) is 1. The summed E-state index contributed by atoms with van der Waals surface area (Å²) < 4.78 is 0. The Hall–Kier alpha value is -2.14. The van der Waals surface area contributed by atoms with Crippen LogP contribution in [0.15, 0.2) is 35.6 Å². The summed E-state index contributed by atoms with van der Waals surface area (Å²) >= 11 is 0. The van der Waals surface area contributed by atoms with E-state index >= 15 is 0 Å². The highest BCUT2D eigenvalue weighted by atomic mass is 16.3. The van der Waals surface area contributed by atoms with Crippen LogP contribution >= 0.6 is 0 Å². The number of nitrogens with zero attached hydrogens (tertiary/aromatic N) is 2. The summed E-state index contributed by atoms with van der Waals surface area (Å²) in [6, 6.07) is 7.27. The van der Waals surface area contributed by atoms with Crippen molar-refractivity contribution in [2.75, 3.05) is 26.2 Å². The molecule has 148 valence electrons. The van der Waals surface area contributed by atoms with E-state index in [4.69, 9.17) is 0 Å². The lowest BCUT2D eigenvalue weighted by atomic mass is 9.82. The minimum Gasteiger partial charge on any atom is -0.503 e. The molecule has 0 saturated carbocycles. The van der Waals surface area contributed by atoms with Crippen LogP contribution in [0.5, 0.6) is 0 Å². The van der Waals surface area contributed by atoms with Crippen molar-refractivity contribution in [2.45, 2.75) is 47.6 Å². The fraction of sp³-hybridized carbons (Fsp3) is 0.545. The third-order valence-corrected chi connectivity index (χ3v) is 5.14. The number of likely N-dealkylation sites (N-methyl/N-ethyl adjacent to an activating group) is 1. The van der Waals surface area contributed by atoms with Gasteiger partial charge in [-0.05, 0) is 25.6 Å². The first kappa shape index (κ1) is 21.2. The number of benzene rings is 1. The Kier molecular flexibility index (Phi) is 6.47. The van der Waals surface area contributed by atoms with Crippen molar-refractivity contribution >= 4 is 11.7 Å². The van der Waals surface area contributed by atoms with Gasteiger partial charge in [0.15, 0.2) is 11.5 Å². The zero-order chi connectivity index (χ0) is 20.4. The number of amides is 1. The molecule has 1 N–H and O–H groups in total. The van der Waals surface area contributed by atoms with Crippen LogP contribution in [-0.2, 0) is 9.59 Å². The molecule has 0 spiro atoms.